The Hall–Kier alpha value is -2.87. The summed E-state index contributed by atoms with van der Waals surface area (Å²) in [5, 5.41) is 15.6. The third-order valence-electron chi connectivity index (χ3n) is 3.85. The minimum atomic E-state index is 0.724. The van der Waals surface area contributed by atoms with Crippen LogP contribution in [0.2, 0.25) is 0 Å². The summed E-state index contributed by atoms with van der Waals surface area (Å²) in [5.41, 5.74) is 2.75. The SMILES string of the molecule is [O-][n+]1cc2ccccc2c2cccc(-c3ccccc3)c21. The molecule has 1 aromatic heterocycles. The first-order chi connectivity index (χ1) is 10.3. The lowest BCUT2D eigenvalue weighted by Crippen LogP contribution is -2.27. The molecule has 1 heterocycles. The van der Waals surface area contributed by atoms with E-state index in [1.165, 1.54) is 0 Å². The highest BCUT2D eigenvalue weighted by Crippen LogP contribution is 2.30. The zero-order valence-corrected chi connectivity index (χ0v) is 11.4. The molecule has 0 saturated heterocycles. The largest absolute Gasteiger partial charge is 0.618 e. The van der Waals surface area contributed by atoms with Gasteiger partial charge in [0.15, 0.2) is 6.20 Å². The van der Waals surface area contributed by atoms with Gasteiger partial charge >= 0.3 is 0 Å². The van der Waals surface area contributed by atoms with Crippen LogP contribution in [-0.4, -0.2) is 0 Å². The second kappa shape index (κ2) is 4.60. The molecule has 0 bridgehead atoms. The molecule has 0 spiro atoms. The van der Waals surface area contributed by atoms with E-state index in [0.717, 1.165) is 37.5 Å². The molecule has 0 aliphatic carbocycles. The summed E-state index contributed by atoms with van der Waals surface area (Å²) in [6, 6.07) is 24.0. The molecule has 0 radical (unpaired) electrons. The van der Waals surface area contributed by atoms with Crippen molar-refractivity contribution >= 4 is 21.7 Å². The first-order valence-electron chi connectivity index (χ1n) is 6.94. The van der Waals surface area contributed by atoms with Gasteiger partial charge in [-0.25, -0.2) is 0 Å². The molecule has 0 amide bonds. The molecule has 0 N–H and O–H groups in total. The van der Waals surface area contributed by atoms with E-state index in [1.54, 1.807) is 6.20 Å². The molecule has 100 valence electrons. The number of nitrogens with zero attached hydrogens (tertiary/aromatic N) is 1. The molecule has 21 heavy (non-hydrogen) atoms. The summed E-state index contributed by atoms with van der Waals surface area (Å²) in [7, 11) is 0. The molecule has 4 rings (SSSR count). The quantitative estimate of drug-likeness (QED) is 0.288. The third-order valence-corrected chi connectivity index (χ3v) is 3.85. The number of hydrogen-bond donors (Lipinski definition) is 0. The van der Waals surface area contributed by atoms with E-state index in [1.807, 2.05) is 66.7 Å². The highest BCUT2D eigenvalue weighted by atomic mass is 16.5. The van der Waals surface area contributed by atoms with Crippen LogP contribution in [0.15, 0.2) is 79.0 Å². The molecule has 0 aliphatic heterocycles. The number of para-hydroxylation sites is 1. The molecular weight excluding hydrogens is 258 g/mol. The van der Waals surface area contributed by atoms with Crippen molar-refractivity contribution in [1.29, 1.82) is 0 Å². The van der Waals surface area contributed by atoms with Crippen LogP contribution in [0.3, 0.4) is 0 Å². The molecule has 0 aliphatic rings. The smallest absolute Gasteiger partial charge is 0.232 e. The van der Waals surface area contributed by atoms with Crippen LogP contribution in [0.4, 0.5) is 0 Å². The standard InChI is InChI=1S/C19H13NO/c21-20-13-15-9-4-5-10-16(15)18-12-6-11-17(19(18)20)14-7-2-1-3-8-14/h1-13H. The molecule has 2 heteroatoms. The number of benzene rings is 3. The van der Waals surface area contributed by atoms with Gasteiger partial charge in [0, 0.05) is 10.8 Å². The van der Waals surface area contributed by atoms with E-state index in [2.05, 4.69) is 6.07 Å². The first-order valence-corrected chi connectivity index (χ1v) is 6.94. The van der Waals surface area contributed by atoms with E-state index >= 15 is 0 Å². The number of rotatable bonds is 1. The molecule has 0 saturated carbocycles. The lowest BCUT2D eigenvalue weighted by Gasteiger charge is -2.09. The zero-order chi connectivity index (χ0) is 14.2. The number of fused-ring (bicyclic) bond motifs is 3. The first kappa shape index (κ1) is 11.9. The Morgan fingerprint density at radius 1 is 0.667 bits per heavy atom. The van der Waals surface area contributed by atoms with Crippen molar-refractivity contribution in [1.82, 2.24) is 0 Å². The second-order valence-corrected chi connectivity index (χ2v) is 5.11. The minimum absolute atomic E-state index is 0.724. The summed E-state index contributed by atoms with van der Waals surface area (Å²) in [4.78, 5) is 0. The van der Waals surface area contributed by atoms with Crippen LogP contribution in [0, 0.1) is 5.21 Å². The van der Waals surface area contributed by atoms with Gasteiger partial charge in [-0.15, -0.1) is 0 Å². The zero-order valence-electron chi connectivity index (χ0n) is 11.4. The summed E-state index contributed by atoms with van der Waals surface area (Å²) < 4.78 is 0.986. The molecule has 4 aromatic rings. The van der Waals surface area contributed by atoms with Gasteiger partial charge in [0.05, 0.1) is 10.9 Å². The fourth-order valence-electron chi connectivity index (χ4n) is 2.89. The van der Waals surface area contributed by atoms with Crippen molar-refractivity contribution in [2.45, 2.75) is 0 Å². The van der Waals surface area contributed by atoms with E-state index in [-0.39, 0.29) is 0 Å². The molecular formula is C19H13NO. The Labute approximate surface area is 122 Å². The average molecular weight is 271 g/mol. The van der Waals surface area contributed by atoms with Crippen LogP contribution in [0.25, 0.3) is 32.8 Å². The van der Waals surface area contributed by atoms with Gasteiger partial charge in [-0.1, -0.05) is 54.6 Å². The topological polar surface area (TPSA) is 26.9 Å². The summed E-state index contributed by atoms with van der Waals surface area (Å²) >= 11 is 0. The lowest BCUT2D eigenvalue weighted by atomic mass is 9.99. The summed E-state index contributed by atoms with van der Waals surface area (Å²) in [6.07, 6.45) is 1.66. The number of hydrogen-bond acceptors (Lipinski definition) is 1. The van der Waals surface area contributed by atoms with Gasteiger partial charge in [-0.05, 0) is 23.8 Å². The van der Waals surface area contributed by atoms with E-state index < -0.39 is 0 Å². The Balaban J connectivity index is 2.18. The molecule has 0 fully saturated rings. The maximum Gasteiger partial charge on any atom is 0.232 e. The minimum Gasteiger partial charge on any atom is -0.618 e. The van der Waals surface area contributed by atoms with Crippen molar-refractivity contribution < 1.29 is 4.73 Å². The fourth-order valence-corrected chi connectivity index (χ4v) is 2.89. The number of aromatic nitrogens is 1. The summed E-state index contributed by atoms with van der Waals surface area (Å²) in [5.74, 6) is 0. The van der Waals surface area contributed by atoms with Gasteiger partial charge in [0.1, 0.15) is 0 Å². The Kier molecular flexibility index (Phi) is 2.61. The Morgan fingerprint density at radius 3 is 2.24 bits per heavy atom. The normalized spacial score (nSPS) is 11.0. The summed E-state index contributed by atoms with van der Waals surface area (Å²) in [6.45, 7) is 0. The lowest BCUT2D eigenvalue weighted by molar-refractivity contribution is -0.575. The van der Waals surface area contributed by atoms with Crippen LogP contribution < -0.4 is 4.73 Å². The second-order valence-electron chi connectivity index (χ2n) is 5.11. The molecule has 3 aromatic carbocycles. The van der Waals surface area contributed by atoms with E-state index in [9.17, 15) is 5.21 Å². The van der Waals surface area contributed by atoms with Crippen LogP contribution in [0.5, 0.6) is 0 Å². The highest BCUT2D eigenvalue weighted by Gasteiger charge is 2.14. The van der Waals surface area contributed by atoms with Crippen molar-refractivity contribution in [3.8, 4) is 11.1 Å². The predicted molar refractivity (Wildman–Crippen MR) is 85.9 cm³/mol. The van der Waals surface area contributed by atoms with Gasteiger partial charge in [0.2, 0.25) is 5.52 Å². The monoisotopic (exact) mass is 271 g/mol. The molecule has 0 unspecified atom stereocenters. The highest BCUT2D eigenvalue weighted by molar-refractivity contribution is 6.07. The fraction of sp³-hybridized carbons (Fsp3) is 0. The third kappa shape index (κ3) is 1.84. The number of pyridine rings is 1. The maximum atomic E-state index is 12.5. The van der Waals surface area contributed by atoms with Gasteiger partial charge < -0.3 is 5.21 Å². The predicted octanol–water partition coefficient (Wildman–Crippen LogP) is 4.29. The van der Waals surface area contributed by atoms with Crippen molar-refractivity contribution in [2.24, 2.45) is 0 Å². The molecule has 0 atom stereocenters. The van der Waals surface area contributed by atoms with Crippen LogP contribution in [-0.2, 0) is 0 Å². The molecule has 2 nitrogen and oxygen atoms in total. The van der Waals surface area contributed by atoms with Crippen molar-refractivity contribution in [3.05, 3.63) is 84.2 Å². The van der Waals surface area contributed by atoms with Crippen molar-refractivity contribution in [3.63, 3.8) is 0 Å². The van der Waals surface area contributed by atoms with Crippen LogP contribution >= 0.6 is 0 Å². The van der Waals surface area contributed by atoms with E-state index in [4.69, 9.17) is 0 Å². The van der Waals surface area contributed by atoms with Gasteiger partial charge in [0.25, 0.3) is 0 Å². The van der Waals surface area contributed by atoms with E-state index in [0.29, 0.717) is 0 Å². The van der Waals surface area contributed by atoms with Crippen LogP contribution in [0.1, 0.15) is 0 Å². The van der Waals surface area contributed by atoms with Gasteiger partial charge in [-0.2, -0.15) is 4.73 Å². The van der Waals surface area contributed by atoms with Gasteiger partial charge in [-0.3, -0.25) is 0 Å². The Bertz CT molecular complexity index is 945. The average Bonchev–Trinajstić information content (AvgIpc) is 2.55. The Morgan fingerprint density at radius 2 is 1.38 bits per heavy atom. The maximum absolute atomic E-state index is 12.5. The van der Waals surface area contributed by atoms with Crippen molar-refractivity contribution in [2.75, 3.05) is 0 Å².